The molecule has 0 fully saturated rings. The van der Waals surface area contributed by atoms with Crippen LogP contribution in [0.15, 0.2) is 30.3 Å². The van der Waals surface area contributed by atoms with Crippen molar-refractivity contribution in [3.8, 4) is 5.75 Å². The molecule has 1 aromatic heterocycles. The van der Waals surface area contributed by atoms with Gasteiger partial charge >= 0.3 is 0 Å². The van der Waals surface area contributed by atoms with Crippen LogP contribution < -0.4 is 0 Å². The summed E-state index contributed by atoms with van der Waals surface area (Å²) in [6, 6.07) is 9.98. The van der Waals surface area contributed by atoms with E-state index in [1.165, 1.54) is 0 Å². The minimum Gasteiger partial charge on any atom is -0.507 e. The number of phenolic OH excluding ortho intramolecular Hbond substituents is 1. The number of aromatic nitrogens is 2. The average molecular weight is 240 g/mol. The van der Waals surface area contributed by atoms with Crippen LogP contribution in [0.5, 0.6) is 5.75 Å². The maximum atomic E-state index is 10.1. The molecule has 2 aromatic carbocycles. The Hall–Kier alpha value is -2.03. The zero-order valence-corrected chi connectivity index (χ0v) is 10.8. The highest BCUT2D eigenvalue weighted by Crippen LogP contribution is 2.34. The molecule has 0 saturated heterocycles. The molecule has 0 amide bonds. The Bertz CT molecular complexity index is 741. The average Bonchev–Trinajstić information content (AvgIpc) is 2.68. The first kappa shape index (κ1) is 11.1. The van der Waals surface area contributed by atoms with Crippen molar-refractivity contribution in [3.05, 3.63) is 36.0 Å². The topological polar surface area (TPSA) is 38.1 Å². The van der Waals surface area contributed by atoms with Gasteiger partial charge in [-0.2, -0.15) is 5.10 Å². The molecule has 1 N–H and O–H groups in total. The Morgan fingerprint density at radius 3 is 2.44 bits per heavy atom. The smallest absolute Gasteiger partial charge is 0.124 e. The maximum absolute atomic E-state index is 10.1. The number of fused-ring (bicyclic) bond motifs is 3. The van der Waals surface area contributed by atoms with Crippen molar-refractivity contribution < 1.29 is 5.11 Å². The molecular weight excluding hydrogens is 224 g/mol. The summed E-state index contributed by atoms with van der Waals surface area (Å²) in [5.74, 6) is 0.324. The lowest BCUT2D eigenvalue weighted by atomic mass is 10.1. The predicted molar refractivity (Wildman–Crippen MR) is 74.0 cm³/mol. The highest BCUT2D eigenvalue weighted by molar-refractivity contribution is 6.08. The van der Waals surface area contributed by atoms with Crippen LogP contribution in [0.3, 0.4) is 0 Å². The molecule has 0 bridgehead atoms. The van der Waals surface area contributed by atoms with E-state index in [2.05, 4.69) is 18.9 Å². The molecule has 3 rings (SSSR count). The predicted octanol–water partition coefficient (Wildman–Crippen LogP) is 3.78. The van der Waals surface area contributed by atoms with Crippen molar-refractivity contribution in [1.82, 2.24) is 9.78 Å². The van der Waals surface area contributed by atoms with E-state index >= 15 is 0 Å². The summed E-state index contributed by atoms with van der Waals surface area (Å²) in [6.45, 7) is 6.27. The summed E-state index contributed by atoms with van der Waals surface area (Å²) in [4.78, 5) is 0. The minimum absolute atomic E-state index is 0.318. The normalized spacial score (nSPS) is 11.8. The first-order valence-corrected chi connectivity index (χ1v) is 6.19. The lowest BCUT2D eigenvalue weighted by molar-refractivity contribution is 0.482. The van der Waals surface area contributed by atoms with Crippen LogP contribution in [-0.4, -0.2) is 14.9 Å². The van der Waals surface area contributed by atoms with Gasteiger partial charge in [0, 0.05) is 27.9 Å². The van der Waals surface area contributed by atoms with Crippen molar-refractivity contribution >= 4 is 21.7 Å². The van der Waals surface area contributed by atoms with Crippen molar-refractivity contribution in [2.75, 3.05) is 0 Å². The monoisotopic (exact) mass is 240 g/mol. The molecule has 0 radical (unpaired) electrons. The van der Waals surface area contributed by atoms with Gasteiger partial charge in [-0.05, 0) is 26.8 Å². The van der Waals surface area contributed by atoms with Crippen molar-refractivity contribution in [1.29, 1.82) is 0 Å². The number of rotatable bonds is 1. The van der Waals surface area contributed by atoms with Gasteiger partial charge in [0.15, 0.2) is 0 Å². The van der Waals surface area contributed by atoms with E-state index in [0.717, 1.165) is 27.4 Å². The molecule has 0 aliphatic carbocycles. The molecule has 3 aromatic rings. The molecular formula is C15H16N2O. The van der Waals surface area contributed by atoms with Crippen LogP contribution in [0.25, 0.3) is 21.7 Å². The second kappa shape index (κ2) is 3.73. The van der Waals surface area contributed by atoms with Crippen LogP contribution >= 0.6 is 0 Å². The third kappa shape index (κ3) is 1.40. The van der Waals surface area contributed by atoms with Gasteiger partial charge in [0.05, 0.1) is 0 Å². The number of aryl methyl sites for hydroxylation is 1. The quantitative estimate of drug-likeness (QED) is 0.702. The fraction of sp³-hybridized carbons (Fsp3) is 0.267. The van der Waals surface area contributed by atoms with Crippen LogP contribution in [0.4, 0.5) is 0 Å². The van der Waals surface area contributed by atoms with Crippen molar-refractivity contribution in [2.45, 2.75) is 26.8 Å². The van der Waals surface area contributed by atoms with Gasteiger partial charge in [-0.25, -0.2) is 0 Å². The van der Waals surface area contributed by atoms with Gasteiger partial charge in [0.1, 0.15) is 11.3 Å². The largest absolute Gasteiger partial charge is 0.507 e. The third-order valence-electron chi connectivity index (χ3n) is 3.42. The van der Waals surface area contributed by atoms with Gasteiger partial charge in [0.2, 0.25) is 0 Å². The number of hydrogen-bond acceptors (Lipinski definition) is 2. The summed E-state index contributed by atoms with van der Waals surface area (Å²) >= 11 is 0. The lowest BCUT2D eigenvalue weighted by Gasteiger charge is -2.06. The Morgan fingerprint density at radius 1 is 1.11 bits per heavy atom. The standard InChI is InChI=1S/C15H16N2O/c1-9(2)17-10(3)13-8-14(18)11-6-4-5-7-12(11)15(13)16-17/h4-9,18H,1-3H3. The van der Waals surface area contributed by atoms with E-state index in [-0.39, 0.29) is 0 Å². The SMILES string of the molecule is Cc1c2cc(O)c3ccccc3c2nn1C(C)C. The Balaban J connectivity index is 2.52. The number of phenols is 1. The fourth-order valence-corrected chi connectivity index (χ4v) is 2.53. The first-order valence-electron chi connectivity index (χ1n) is 6.19. The maximum Gasteiger partial charge on any atom is 0.124 e. The van der Waals surface area contributed by atoms with E-state index in [1.54, 1.807) is 0 Å². The molecule has 0 saturated carbocycles. The van der Waals surface area contributed by atoms with E-state index in [4.69, 9.17) is 0 Å². The van der Waals surface area contributed by atoms with E-state index in [0.29, 0.717) is 11.8 Å². The highest BCUT2D eigenvalue weighted by Gasteiger charge is 2.14. The van der Waals surface area contributed by atoms with Gasteiger partial charge < -0.3 is 5.11 Å². The molecule has 1 heterocycles. The molecule has 92 valence electrons. The van der Waals surface area contributed by atoms with E-state index < -0.39 is 0 Å². The lowest BCUT2D eigenvalue weighted by Crippen LogP contribution is -2.04. The van der Waals surface area contributed by atoms with Crippen LogP contribution in [0.2, 0.25) is 0 Å². The van der Waals surface area contributed by atoms with Gasteiger partial charge in [-0.15, -0.1) is 0 Å². The molecule has 0 spiro atoms. The zero-order chi connectivity index (χ0) is 12.9. The summed E-state index contributed by atoms with van der Waals surface area (Å²) in [5.41, 5.74) is 2.07. The summed E-state index contributed by atoms with van der Waals surface area (Å²) in [6.07, 6.45) is 0. The summed E-state index contributed by atoms with van der Waals surface area (Å²) in [7, 11) is 0. The van der Waals surface area contributed by atoms with Crippen LogP contribution in [0, 0.1) is 6.92 Å². The number of aromatic hydroxyl groups is 1. The second-order valence-corrected chi connectivity index (χ2v) is 4.96. The molecule has 0 aliphatic heterocycles. The number of nitrogens with zero attached hydrogens (tertiary/aromatic N) is 2. The van der Waals surface area contributed by atoms with E-state index in [9.17, 15) is 5.11 Å². The van der Waals surface area contributed by atoms with Crippen LogP contribution in [0.1, 0.15) is 25.6 Å². The highest BCUT2D eigenvalue weighted by atomic mass is 16.3. The summed E-state index contributed by atoms with van der Waals surface area (Å²) < 4.78 is 2.01. The van der Waals surface area contributed by atoms with Crippen molar-refractivity contribution in [3.63, 3.8) is 0 Å². The van der Waals surface area contributed by atoms with Gasteiger partial charge in [-0.1, -0.05) is 24.3 Å². The molecule has 3 heteroatoms. The third-order valence-corrected chi connectivity index (χ3v) is 3.42. The number of hydrogen-bond donors (Lipinski definition) is 1. The van der Waals surface area contributed by atoms with Crippen molar-refractivity contribution in [2.24, 2.45) is 0 Å². The Kier molecular flexibility index (Phi) is 2.30. The number of benzene rings is 2. The molecule has 3 nitrogen and oxygen atoms in total. The van der Waals surface area contributed by atoms with E-state index in [1.807, 2.05) is 41.9 Å². The molecule has 18 heavy (non-hydrogen) atoms. The molecule has 0 aliphatic rings. The molecule has 0 atom stereocenters. The summed E-state index contributed by atoms with van der Waals surface area (Å²) in [5, 5.41) is 17.7. The van der Waals surface area contributed by atoms with Gasteiger partial charge in [0.25, 0.3) is 0 Å². The Labute approximate surface area is 106 Å². The van der Waals surface area contributed by atoms with Crippen LogP contribution in [-0.2, 0) is 0 Å². The minimum atomic E-state index is 0.318. The first-order chi connectivity index (χ1) is 8.59. The fourth-order valence-electron chi connectivity index (χ4n) is 2.53. The second-order valence-electron chi connectivity index (χ2n) is 4.96. The molecule has 0 unspecified atom stereocenters. The van der Waals surface area contributed by atoms with Gasteiger partial charge in [-0.3, -0.25) is 4.68 Å². The zero-order valence-electron chi connectivity index (χ0n) is 10.8. The Morgan fingerprint density at radius 2 is 1.78 bits per heavy atom.